The minimum atomic E-state index is -1.88. The molecule has 0 amide bonds. The second-order valence-electron chi connectivity index (χ2n) is 6.93. The van der Waals surface area contributed by atoms with E-state index in [9.17, 15) is 0 Å². The zero-order chi connectivity index (χ0) is 16.8. The molecule has 1 unspecified atom stereocenters. The summed E-state index contributed by atoms with van der Waals surface area (Å²) in [6.07, 6.45) is 11.3. The molecule has 1 aliphatic heterocycles. The Bertz CT molecular complexity index is 419. The van der Waals surface area contributed by atoms with Crippen molar-refractivity contribution in [3.63, 3.8) is 0 Å². The summed E-state index contributed by atoms with van der Waals surface area (Å²) in [4.78, 5) is 0. The maximum Gasteiger partial charge on any atom is 0.206 e. The third-order valence-corrected chi connectivity index (χ3v) is 10.2. The topological polar surface area (TPSA) is 0 Å². The lowest BCUT2D eigenvalue weighted by molar-refractivity contribution is 0.796. The molecule has 0 aromatic rings. The van der Waals surface area contributed by atoms with Crippen LogP contribution >= 0.6 is 11.1 Å². The van der Waals surface area contributed by atoms with Gasteiger partial charge in [-0.15, -0.1) is 0 Å². The molecule has 22 heavy (non-hydrogen) atoms. The highest BCUT2D eigenvalue weighted by Crippen LogP contribution is 2.48. The van der Waals surface area contributed by atoms with Gasteiger partial charge in [-0.3, -0.25) is 0 Å². The molecular formula is C19H36BClSi. The lowest BCUT2D eigenvalue weighted by Gasteiger charge is -2.24. The van der Waals surface area contributed by atoms with Crippen LogP contribution < -0.4 is 0 Å². The fourth-order valence-electron chi connectivity index (χ4n) is 4.12. The van der Waals surface area contributed by atoms with Crippen LogP contribution in [0.1, 0.15) is 79.6 Å². The molecule has 1 rings (SSSR count). The smallest absolute Gasteiger partial charge is 0.156 e. The average Bonchev–Trinajstić information content (AvgIpc) is 2.71. The number of rotatable bonds is 10. The third-order valence-electron chi connectivity index (χ3n) is 5.46. The highest BCUT2D eigenvalue weighted by atomic mass is 35.6. The molecule has 0 spiro atoms. The van der Waals surface area contributed by atoms with Gasteiger partial charge in [-0.25, -0.2) is 0 Å². The number of allylic oxidation sites excluding steroid dienone is 4. The average molecular weight is 339 g/mol. The van der Waals surface area contributed by atoms with Crippen LogP contribution in [0.4, 0.5) is 0 Å². The normalized spacial score (nSPS) is 22.0. The van der Waals surface area contributed by atoms with Gasteiger partial charge >= 0.3 is 0 Å². The summed E-state index contributed by atoms with van der Waals surface area (Å²) < 4.78 is 0. The van der Waals surface area contributed by atoms with Crippen LogP contribution in [-0.4, -0.2) is 14.1 Å². The van der Waals surface area contributed by atoms with Crippen LogP contribution in [0, 0.1) is 0 Å². The third kappa shape index (κ3) is 4.12. The molecule has 0 bridgehead atoms. The SMILES string of the molecule is CCCCC1=C(CC)C(B(CC)CC)=C(CCCC)[Si]1(C)Cl. The van der Waals surface area contributed by atoms with Crippen molar-refractivity contribution in [1.82, 2.24) is 0 Å². The quantitative estimate of drug-likeness (QED) is 0.288. The maximum atomic E-state index is 7.32. The molecule has 0 fully saturated rings. The van der Waals surface area contributed by atoms with E-state index in [0.29, 0.717) is 0 Å². The van der Waals surface area contributed by atoms with Crippen molar-refractivity contribution in [2.75, 3.05) is 0 Å². The first-order valence-electron chi connectivity index (χ1n) is 9.64. The van der Waals surface area contributed by atoms with E-state index < -0.39 is 7.38 Å². The predicted molar refractivity (Wildman–Crippen MR) is 108 cm³/mol. The summed E-state index contributed by atoms with van der Waals surface area (Å²) in [7, 11) is -1.88. The van der Waals surface area contributed by atoms with Crippen molar-refractivity contribution in [3.05, 3.63) is 21.4 Å². The zero-order valence-electron chi connectivity index (χ0n) is 15.8. The summed E-state index contributed by atoms with van der Waals surface area (Å²) in [5.74, 6) is 0. The Balaban J connectivity index is 3.34. The monoisotopic (exact) mass is 338 g/mol. The van der Waals surface area contributed by atoms with Crippen molar-refractivity contribution in [2.45, 2.75) is 98.8 Å². The first-order chi connectivity index (χ1) is 10.5. The minimum absolute atomic E-state index is 0.728. The van der Waals surface area contributed by atoms with E-state index in [4.69, 9.17) is 11.1 Å². The molecule has 0 aromatic carbocycles. The first-order valence-corrected chi connectivity index (χ1v) is 13.2. The van der Waals surface area contributed by atoms with Gasteiger partial charge in [0.15, 0.2) is 6.71 Å². The molecular weight excluding hydrogens is 303 g/mol. The van der Waals surface area contributed by atoms with E-state index in [1.54, 1.807) is 21.4 Å². The van der Waals surface area contributed by atoms with Crippen molar-refractivity contribution in [1.29, 1.82) is 0 Å². The van der Waals surface area contributed by atoms with Gasteiger partial charge in [0, 0.05) is 0 Å². The molecule has 0 aromatic heterocycles. The molecule has 1 aliphatic rings. The molecule has 0 aliphatic carbocycles. The Morgan fingerprint density at radius 2 is 1.36 bits per heavy atom. The maximum absolute atomic E-state index is 7.32. The standard InChI is InChI=1S/C19H36BClSi/c1-7-12-14-17-16(9-3)19(20(10-4)11-5)18(15-13-8-2)22(17,6)21/h7-15H2,1-6H3. The lowest BCUT2D eigenvalue weighted by atomic mass is 9.39. The van der Waals surface area contributed by atoms with Crippen LogP contribution in [0.3, 0.4) is 0 Å². The van der Waals surface area contributed by atoms with Crippen LogP contribution in [0.2, 0.25) is 19.2 Å². The van der Waals surface area contributed by atoms with E-state index >= 15 is 0 Å². The van der Waals surface area contributed by atoms with Gasteiger partial charge in [0.05, 0.1) is 0 Å². The summed E-state index contributed by atoms with van der Waals surface area (Å²) in [6, 6.07) is 0. The minimum Gasteiger partial charge on any atom is -0.156 e. The van der Waals surface area contributed by atoms with Crippen LogP contribution in [0.5, 0.6) is 0 Å². The number of hydrogen-bond donors (Lipinski definition) is 0. The van der Waals surface area contributed by atoms with Crippen LogP contribution in [-0.2, 0) is 0 Å². The van der Waals surface area contributed by atoms with Gasteiger partial charge in [0.25, 0.3) is 0 Å². The predicted octanol–water partition coefficient (Wildman–Crippen LogP) is 7.35. The van der Waals surface area contributed by atoms with E-state index in [0.717, 1.165) is 6.71 Å². The van der Waals surface area contributed by atoms with Gasteiger partial charge < -0.3 is 0 Å². The summed E-state index contributed by atoms with van der Waals surface area (Å²) in [6.45, 7) is 14.8. The second-order valence-corrected chi connectivity index (χ2v) is 12.4. The second kappa shape index (κ2) is 9.37. The van der Waals surface area contributed by atoms with Gasteiger partial charge in [-0.2, -0.15) is 11.1 Å². The van der Waals surface area contributed by atoms with Crippen molar-refractivity contribution in [3.8, 4) is 0 Å². The molecule has 1 atom stereocenters. The Morgan fingerprint density at radius 1 is 0.864 bits per heavy atom. The van der Waals surface area contributed by atoms with Crippen molar-refractivity contribution >= 4 is 25.2 Å². The molecule has 3 heteroatoms. The van der Waals surface area contributed by atoms with Gasteiger partial charge in [0.2, 0.25) is 7.38 Å². The van der Waals surface area contributed by atoms with Crippen LogP contribution in [0.15, 0.2) is 21.4 Å². The van der Waals surface area contributed by atoms with E-state index in [-0.39, 0.29) is 0 Å². The Labute approximate surface area is 145 Å². The van der Waals surface area contributed by atoms with Crippen molar-refractivity contribution in [2.24, 2.45) is 0 Å². The molecule has 0 N–H and O–H groups in total. The zero-order valence-corrected chi connectivity index (χ0v) is 17.6. The van der Waals surface area contributed by atoms with Crippen LogP contribution in [0.25, 0.3) is 0 Å². The molecule has 126 valence electrons. The summed E-state index contributed by atoms with van der Waals surface area (Å²) >= 11 is 7.32. The Kier molecular flexibility index (Phi) is 8.56. The Morgan fingerprint density at radius 3 is 1.77 bits per heavy atom. The highest BCUT2D eigenvalue weighted by molar-refractivity contribution is 7.28. The number of halogens is 1. The number of unbranched alkanes of at least 4 members (excludes halogenated alkanes) is 2. The van der Waals surface area contributed by atoms with Crippen molar-refractivity contribution < 1.29 is 0 Å². The molecule has 0 nitrogen and oxygen atoms in total. The Hall–Kier alpha value is 0.0518. The first kappa shape index (κ1) is 20.1. The highest BCUT2D eigenvalue weighted by Gasteiger charge is 2.44. The van der Waals surface area contributed by atoms with E-state index in [1.165, 1.54) is 57.6 Å². The summed E-state index contributed by atoms with van der Waals surface area (Å²) in [5, 5.41) is 3.39. The molecule has 0 saturated carbocycles. The summed E-state index contributed by atoms with van der Waals surface area (Å²) in [5.41, 5.74) is 3.40. The largest absolute Gasteiger partial charge is 0.206 e. The molecule has 1 heterocycles. The van der Waals surface area contributed by atoms with Gasteiger partial charge in [0.1, 0.15) is 0 Å². The van der Waals surface area contributed by atoms with E-state index in [1.807, 2.05) is 0 Å². The lowest BCUT2D eigenvalue weighted by Crippen LogP contribution is -2.28. The number of hydrogen-bond acceptors (Lipinski definition) is 0. The van der Waals surface area contributed by atoms with Gasteiger partial charge in [-0.1, -0.05) is 94.4 Å². The van der Waals surface area contributed by atoms with Gasteiger partial charge in [-0.05, 0) is 25.8 Å². The fraction of sp³-hybridized carbons (Fsp3) is 0.789. The molecule has 0 radical (unpaired) electrons. The van der Waals surface area contributed by atoms with E-state index in [2.05, 4.69) is 41.2 Å². The fourth-order valence-corrected chi connectivity index (χ4v) is 8.73. The molecule has 0 saturated heterocycles.